The number of aromatic nitrogens is 3. The minimum absolute atomic E-state index is 0.107. The molecule has 0 aromatic carbocycles. The van der Waals surface area contributed by atoms with Crippen molar-refractivity contribution in [2.45, 2.75) is 0 Å². The highest BCUT2D eigenvalue weighted by molar-refractivity contribution is 6.33. The fourth-order valence-electron chi connectivity index (χ4n) is 1.40. The number of nitrogens with zero attached hydrogens (tertiary/aromatic N) is 4. The van der Waals surface area contributed by atoms with E-state index in [1.165, 1.54) is 17.1 Å². The number of hydrogen-bond donors (Lipinski definition) is 1. The van der Waals surface area contributed by atoms with Gasteiger partial charge in [-0.3, -0.25) is 9.48 Å². The lowest BCUT2D eigenvalue weighted by atomic mass is 10.2. The number of nitriles is 1. The van der Waals surface area contributed by atoms with E-state index < -0.39 is 5.91 Å². The topological polar surface area (TPSA) is 83.6 Å². The van der Waals surface area contributed by atoms with E-state index in [1.807, 2.05) is 6.07 Å². The summed E-state index contributed by atoms with van der Waals surface area (Å²) in [6, 6.07) is 5.10. The van der Waals surface area contributed by atoms with Crippen LogP contribution < -0.4 is 5.32 Å². The average molecular weight is 262 g/mol. The van der Waals surface area contributed by atoms with Gasteiger partial charge in [-0.1, -0.05) is 11.6 Å². The van der Waals surface area contributed by atoms with E-state index in [-0.39, 0.29) is 16.3 Å². The highest BCUT2D eigenvalue weighted by atomic mass is 35.5. The van der Waals surface area contributed by atoms with E-state index in [1.54, 1.807) is 19.2 Å². The molecule has 2 aromatic heterocycles. The molecule has 2 heterocycles. The zero-order chi connectivity index (χ0) is 13.1. The predicted molar refractivity (Wildman–Crippen MR) is 65.1 cm³/mol. The molecule has 6 nitrogen and oxygen atoms in total. The van der Waals surface area contributed by atoms with Crippen LogP contribution in [0.2, 0.25) is 5.15 Å². The molecule has 2 rings (SSSR count). The van der Waals surface area contributed by atoms with Crippen LogP contribution >= 0.6 is 11.6 Å². The van der Waals surface area contributed by atoms with Crippen LogP contribution in [0.25, 0.3) is 0 Å². The minimum Gasteiger partial charge on any atom is -0.306 e. The maximum absolute atomic E-state index is 12.0. The summed E-state index contributed by atoms with van der Waals surface area (Å²) in [5.74, 6) is -0.115. The van der Waals surface area contributed by atoms with Crippen molar-refractivity contribution < 1.29 is 4.79 Å². The smallest absolute Gasteiger partial charge is 0.259 e. The molecule has 0 saturated heterocycles. The van der Waals surface area contributed by atoms with Gasteiger partial charge >= 0.3 is 0 Å². The van der Waals surface area contributed by atoms with Crippen molar-refractivity contribution in [1.29, 1.82) is 5.26 Å². The van der Waals surface area contributed by atoms with Gasteiger partial charge in [-0.15, -0.1) is 0 Å². The van der Waals surface area contributed by atoms with Gasteiger partial charge in [-0.25, -0.2) is 4.98 Å². The van der Waals surface area contributed by atoms with Crippen molar-refractivity contribution in [2.24, 2.45) is 7.05 Å². The number of carbonyl (C=O) groups excluding carboxylic acids is 1. The highest BCUT2D eigenvalue weighted by Gasteiger charge is 2.15. The lowest BCUT2D eigenvalue weighted by Crippen LogP contribution is -2.16. The van der Waals surface area contributed by atoms with E-state index >= 15 is 0 Å². The molecular weight excluding hydrogens is 254 g/mol. The van der Waals surface area contributed by atoms with Gasteiger partial charge in [0.25, 0.3) is 5.91 Å². The fourth-order valence-corrected chi connectivity index (χ4v) is 1.60. The van der Waals surface area contributed by atoms with Crippen LogP contribution in [0.15, 0.2) is 24.5 Å². The zero-order valence-corrected chi connectivity index (χ0v) is 10.1. The largest absolute Gasteiger partial charge is 0.306 e. The Kier molecular flexibility index (Phi) is 3.26. The number of nitrogens with one attached hydrogen (secondary N) is 1. The average Bonchev–Trinajstić information content (AvgIpc) is 2.71. The van der Waals surface area contributed by atoms with Gasteiger partial charge < -0.3 is 5.32 Å². The summed E-state index contributed by atoms with van der Waals surface area (Å²) < 4.78 is 1.40. The van der Waals surface area contributed by atoms with Crippen LogP contribution in [0.3, 0.4) is 0 Å². The molecule has 0 fully saturated rings. The highest BCUT2D eigenvalue weighted by Crippen LogP contribution is 2.17. The SMILES string of the molecule is Cn1ncc(C#N)c1NC(=O)c1cccnc1Cl. The molecule has 0 aliphatic rings. The molecule has 1 amide bonds. The first kappa shape index (κ1) is 12.1. The van der Waals surface area contributed by atoms with E-state index in [0.29, 0.717) is 5.82 Å². The lowest BCUT2D eigenvalue weighted by Gasteiger charge is -2.06. The van der Waals surface area contributed by atoms with Gasteiger partial charge in [0.2, 0.25) is 0 Å². The number of amides is 1. The van der Waals surface area contributed by atoms with Gasteiger partial charge in [0, 0.05) is 13.2 Å². The van der Waals surface area contributed by atoms with E-state index in [0.717, 1.165) is 0 Å². The molecule has 18 heavy (non-hydrogen) atoms. The minimum atomic E-state index is -0.437. The number of aryl methyl sites for hydroxylation is 1. The van der Waals surface area contributed by atoms with Crippen LogP contribution in [0, 0.1) is 11.3 Å². The second kappa shape index (κ2) is 4.85. The summed E-state index contributed by atoms with van der Waals surface area (Å²) in [4.78, 5) is 15.8. The molecule has 0 aliphatic heterocycles. The van der Waals surface area contributed by atoms with Gasteiger partial charge in [0.1, 0.15) is 22.6 Å². The normalized spacial score (nSPS) is 9.83. The standard InChI is InChI=1S/C11H8ClN5O/c1-17-10(7(5-13)6-15-17)16-11(18)8-3-2-4-14-9(8)12/h2-4,6H,1H3,(H,16,18). The third-order valence-corrected chi connectivity index (χ3v) is 2.60. The Balaban J connectivity index is 2.31. The lowest BCUT2D eigenvalue weighted by molar-refractivity contribution is 0.102. The molecule has 0 unspecified atom stereocenters. The monoisotopic (exact) mass is 261 g/mol. The van der Waals surface area contributed by atoms with E-state index in [9.17, 15) is 4.79 Å². The molecule has 0 bridgehead atoms. The first-order valence-corrected chi connectivity index (χ1v) is 5.35. The van der Waals surface area contributed by atoms with Crippen LogP contribution in [-0.2, 0) is 7.05 Å². The third kappa shape index (κ3) is 2.17. The van der Waals surface area contributed by atoms with Crippen LogP contribution in [0.4, 0.5) is 5.82 Å². The van der Waals surface area contributed by atoms with E-state index in [4.69, 9.17) is 16.9 Å². The predicted octanol–water partition coefficient (Wildman–Crippen LogP) is 1.59. The fraction of sp³-hybridized carbons (Fsp3) is 0.0909. The molecular formula is C11H8ClN5O. The number of hydrogen-bond acceptors (Lipinski definition) is 4. The first-order valence-electron chi connectivity index (χ1n) is 4.97. The van der Waals surface area contributed by atoms with E-state index in [2.05, 4.69) is 15.4 Å². The van der Waals surface area contributed by atoms with Crippen molar-refractivity contribution in [3.63, 3.8) is 0 Å². The second-order valence-corrected chi connectivity index (χ2v) is 3.80. The summed E-state index contributed by atoms with van der Waals surface area (Å²) in [6.45, 7) is 0. The van der Waals surface area contributed by atoms with Crippen molar-refractivity contribution in [2.75, 3.05) is 5.32 Å². The molecule has 2 aromatic rings. The van der Waals surface area contributed by atoms with Gasteiger partial charge in [0.15, 0.2) is 0 Å². The molecule has 0 radical (unpaired) electrons. The van der Waals surface area contributed by atoms with Crippen LogP contribution in [-0.4, -0.2) is 20.7 Å². The van der Waals surface area contributed by atoms with Crippen molar-refractivity contribution in [3.05, 3.63) is 40.8 Å². The maximum Gasteiger partial charge on any atom is 0.259 e. The summed E-state index contributed by atoms with van der Waals surface area (Å²) in [7, 11) is 1.63. The van der Waals surface area contributed by atoms with Gasteiger partial charge in [-0.2, -0.15) is 10.4 Å². The second-order valence-electron chi connectivity index (χ2n) is 3.44. The molecule has 0 aliphatic carbocycles. The molecule has 1 N–H and O–H groups in total. The van der Waals surface area contributed by atoms with Gasteiger partial charge in [0.05, 0.1) is 11.8 Å². The zero-order valence-electron chi connectivity index (χ0n) is 9.38. The Labute approximate surface area is 108 Å². The Hall–Kier alpha value is -2.39. The molecule has 0 saturated carbocycles. The number of halogens is 1. The van der Waals surface area contributed by atoms with Crippen molar-refractivity contribution >= 4 is 23.3 Å². The Morgan fingerprint density at radius 2 is 2.39 bits per heavy atom. The van der Waals surface area contributed by atoms with Gasteiger partial charge in [-0.05, 0) is 12.1 Å². The van der Waals surface area contributed by atoms with Crippen LogP contribution in [0.5, 0.6) is 0 Å². The first-order chi connectivity index (χ1) is 8.63. The summed E-state index contributed by atoms with van der Waals surface area (Å²) >= 11 is 5.81. The Bertz CT molecular complexity index is 643. The van der Waals surface area contributed by atoms with Crippen molar-refractivity contribution in [3.8, 4) is 6.07 Å². The Morgan fingerprint density at radius 3 is 3.06 bits per heavy atom. The van der Waals surface area contributed by atoms with Crippen molar-refractivity contribution in [1.82, 2.24) is 14.8 Å². The maximum atomic E-state index is 12.0. The van der Waals surface area contributed by atoms with Crippen LogP contribution in [0.1, 0.15) is 15.9 Å². The quantitative estimate of drug-likeness (QED) is 0.832. The number of rotatable bonds is 2. The molecule has 0 atom stereocenters. The molecule has 7 heteroatoms. The Morgan fingerprint density at radius 1 is 1.61 bits per heavy atom. The number of pyridine rings is 1. The summed E-state index contributed by atoms with van der Waals surface area (Å²) in [5.41, 5.74) is 0.523. The summed E-state index contributed by atoms with van der Waals surface area (Å²) in [5, 5.41) is 15.5. The molecule has 0 spiro atoms. The third-order valence-electron chi connectivity index (χ3n) is 2.29. The number of carbonyl (C=O) groups is 1. The molecule has 90 valence electrons. The number of anilines is 1. The summed E-state index contributed by atoms with van der Waals surface area (Å²) in [6.07, 6.45) is 2.87.